The second kappa shape index (κ2) is 9.99. The van der Waals surface area contributed by atoms with E-state index in [1.165, 1.54) is 0 Å². The SMILES string of the molecule is COCCOCCO[N+]1(CS(=O)(=O)O)CCN=C1Nc1c(Cl)cccc1Cl. The largest absolute Gasteiger partial charge is 0.382 e. The lowest BCUT2D eigenvalue weighted by molar-refractivity contribution is -1.02. The normalized spacial score (nSPS) is 19.9. The third-order valence-electron chi connectivity index (χ3n) is 3.68. The van der Waals surface area contributed by atoms with Crippen LogP contribution < -0.4 is 5.32 Å². The Morgan fingerprint density at radius 3 is 2.52 bits per heavy atom. The highest BCUT2D eigenvalue weighted by Gasteiger charge is 2.45. The van der Waals surface area contributed by atoms with Gasteiger partial charge >= 0.3 is 16.1 Å². The van der Waals surface area contributed by atoms with E-state index in [1.54, 1.807) is 25.3 Å². The van der Waals surface area contributed by atoms with E-state index in [9.17, 15) is 13.0 Å². The molecule has 12 heteroatoms. The molecule has 152 valence electrons. The van der Waals surface area contributed by atoms with E-state index >= 15 is 0 Å². The summed E-state index contributed by atoms with van der Waals surface area (Å²) in [5, 5.41) is 3.62. The maximum absolute atomic E-state index is 11.6. The summed E-state index contributed by atoms with van der Waals surface area (Å²) in [4.78, 5) is 10.0. The average molecular weight is 443 g/mol. The smallest absolute Gasteiger partial charge is 0.336 e. The number of nitrogens with one attached hydrogen (secondary N) is 1. The molecular weight excluding hydrogens is 421 g/mol. The molecule has 0 bridgehead atoms. The van der Waals surface area contributed by atoms with Gasteiger partial charge in [0.2, 0.25) is 5.88 Å². The summed E-state index contributed by atoms with van der Waals surface area (Å²) in [5.41, 5.74) is 0.374. The van der Waals surface area contributed by atoms with Gasteiger partial charge in [-0.15, -0.1) is 0 Å². The molecule has 1 atom stereocenters. The quantitative estimate of drug-likeness (QED) is 0.324. The summed E-state index contributed by atoms with van der Waals surface area (Å²) in [7, 11) is -2.80. The summed E-state index contributed by atoms with van der Waals surface area (Å²) in [6.45, 7) is 1.62. The Morgan fingerprint density at radius 1 is 1.22 bits per heavy atom. The number of guanidine groups is 1. The van der Waals surface area contributed by atoms with Crippen molar-refractivity contribution >= 4 is 45.0 Å². The molecule has 1 unspecified atom stereocenters. The van der Waals surface area contributed by atoms with Crippen molar-refractivity contribution in [1.29, 1.82) is 0 Å². The average Bonchev–Trinajstić information content (AvgIpc) is 2.95. The highest BCUT2D eigenvalue weighted by molar-refractivity contribution is 7.85. The number of para-hydroxylation sites is 1. The predicted molar refractivity (Wildman–Crippen MR) is 103 cm³/mol. The van der Waals surface area contributed by atoms with Crippen LogP contribution in [0.2, 0.25) is 10.0 Å². The lowest BCUT2D eigenvalue weighted by Crippen LogP contribution is -2.56. The minimum atomic E-state index is -4.36. The molecule has 0 fully saturated rings. The number of benzene rings is 1. The van der Waals surface area contributed by atoms with Crippen molar-refractivity contribution in [2.75, 3.05) is 57.8 Å². The lowest BCUT2D eigenvalue weighted by Gasteiger charge is -2.30. The summed E-state index contributed by atoms with van der Waals surface area (Å²) in [6, 6.07) is 4.95. The number of methoxy groups -OCH3 is 1. The van der Waals surface area contributed by atoms with Crippen LogP contribution in [0.3, 0.4) is 0 Å². The number of hydroxylamine groups is 3. The molecule has 9 nitrogen and oxygen atoms in total. The Kier molecular flexibility index (Phi) is 8.25. The van der Waals surface area contributed by atoms with Crippen LogP contribution in [-0.4, -0.2) is 76.1 Å². The van der Waals surface area contributed by atoms with Gasteiger partial charge in [0.25, 0.3) is 0 Å². The molecule has 1 aromatic carbocycles. The molecule has 0 aliphatic carbocycles. The molecule has 0 radical (unpaired) electrons. The zero-order valence-electron chi connectivity index (χ0n) is 14.7. The van der Waals surface area contributed by atoms with Crippen LogP contribution in [0.15, 0.2) is 23.2 Å². The minimum Gasteiger partial charge on any atom is -0.382 e. The molecule has 1 aliphatic rings. The van der Waals surface area contributed by atoms with E-state index in [4.69, 9.17) is 37.5 Å². The van der Waals surface area contributed by atoms with Crippen LogP contribution in [-0.2, 0) is 24.4 Å². The molecule has 0 saturated heterocycles. The monoisotopic (exact) mass is 442 g/mol. The third-order valence-corrected chi connectivity index (χ3v) is 5.05. The van der Waals surface area contributed by atoms with Gasteiger partial charge in [-0.25, -0.2) is 4.99 Å². The number of ether oxygens (including phenoxy) is 2. The summed E-state index contributed by atoms with van der Waals surface area (Å²) in [5.74, 6) is -0.529. The van der Waals surface area contributed by atoms with E-state index in [-0.39, 0.29) is 25.7 Å². The van der Waals surface area contributed by atoms with Gasteiger partial charge in [0, 0.05) is 7.11 Å². The Labute approximate surface area is 168 Å². The number of hydrogen-bond donors (Lipinski definition) is 2. The fourth-order valence-electron chi connectivity index (χ4n) is 2.49. The van der Waals surface area contributed by atoms with Crippen molar-refractivity contribution in [1.82, 2.24) is 0 Å². The van der Waals surface area contributed by atoms with Gasteiger partial charge in [-0.2, -0.15) is 13.3 Å². The molecule has 1 heterocycles. The van der Waals surface area contributed by atoms with Crippen LogP contribution in [0, 0.1) is 0 Å². The lowest BCUT2D eigenvalue weighted by atomic mass is 10.3. The predicted octanol–water partition coefficient (Wildman–Crippen LogP) is 2.03. The molecule has 27 heavy (non-hydrogen) atoms. The van der Waals surface area contributed by atoms with Crippen molar-refractivity contribution in [2.24, 2.45) is 4.99 Å². The topological polar surface area (TPSA) is 106 Å². The molecule has 0 spiro atoms. The van der Waals surface area contributed by atoms with Crippen molar-refractivity contribution in [2.45, 2.75) is 0 Å². The molecule has 1 aromatic rings. The van der Waals surface area contributed by atoms with E-state index in [0.29, 0.717) is 35.5 Å². The standard InChI is InChI=1S/C15H21Cl2N3O6S/c1-24-7-8-25-9-10-26-20(11-27(21,22)23)6-5-18-15(20)19-14-12(16)3-2-4-13(14)17/h2-4H,5-11H2,1H3,(H-,18,19,21,22,23)/p+1. The zero-order chi connectivity index (χ0) is 19.9. The first-order chi connectivity index (χ1) is 12.8. The highest BCUT2D eigenvalue weighted by Crippen LogP contribution is 2.31. The number of anilines is 1. The van der Waals surface area contributed by atoms with Crippen molar-refractivity contribution in [3.05, 3.63) is 28.2 Å². The van der Waals surface area contributed by atoms with Crippen LogP contribution in [0.4, 0.5) is 5.69 Å². The van der Waals surface area contributed by atoms with Crippen LogP contribution >= 0.6 is 23.2 Å². The first kappa shape index (κ1) is 22.3. The fourth-order valence-corrected chi connectivity index (χ4v) is 3.84. The van der Waals surface area contributed by atoms with E-state index < -0.39 is 20.6 Å². The number of halogens is 2. The Bertz CT molecular complexity index is 757. The Morgan fingerprint density at radius 2 is 1.89 bits per heavy atom. The van der Waals surface area contributed by atoms with Gasteiger partial charge < -0.3 is 9.47 Å². The van der Waals surface area contributed by atoms with Crippen molar-refractivity contribution in [3.63, 3.8) is 0 Å². The van der Waals surface area contributed by atoms with Crippen molar-refractivity contribution < 1.29 is 31.9 Å². The number of quaternary nitrogens is 1. The zero-order valence-corrected chi connectivity index (χ0v) is 17.1. The maximum Gasteiger partial charge on any atom is 0.336 e. The van der Waals surface area contributed by atoms with Gasteiger partial charge in [-0.1, -0.05) is 33.9 Å². The van der Waals surface area contributed by atoms with Crippen LogP contribution in [0.25, 0.3) is 0 Å². The highest BCUT2D eigenvalue weighted by atomic mass is 35.5. The second-order valence-corrected chi connectivity index (χ2v) is 7.93. The molecule has 0 aromatic heterocycles. The van der Waals surface area contributed by atoms with Crippen molar-refractivity contribution in [3.8, 4) is 0 Å². The first-order valence-corrected chi connectivity index (χ1v) is 10.4. The number of rotatable bonds is 10. The first-order valence-electron chi connectivity index (χ1n) is 8.07. The summed E-state index contributed by atoms with van der Waals surface area (Å²) in [6.07, 6.45) is 0. The Hall–Kier alpha value is -0.980. The van der Waals surface area contributed by atoms with Gasteiger partial charge in [0.1, 0.15) is 13.2 Å². The molecule has 1 aliphatic heterocycles. The molecule has 2 rings (SSSR count). The number of aliphatic imine (C=N–C) groups is 1. The van der Waals surface area contributed by atoms with E-state index in [1.807, 2.05) is 0 Å². The maximum atomic E-state index is 11.6. The second-order valence-electron chi connectivity index (χ2n) is 5.69. The number of nitrogens with zero attached hydrogens (tertiary/aromatic N) is 2. The van der Waals surface area contributed by atoms with Gasteiger partial charge in [-0.05, 0) is 12.1 Å². The minimum absolute atomic E-state index is 0.0796. The van der Waals surface area contributed by atoms with Gasteiger partial charge in [0.15, 0.2) is 0 Å². The number of hydrogen-bond acceptors (Lipinski definition) is 7. The summed E-state index contributed by atoms with van der Waals surface area (Å²) >= 11 is 12.3. The van der Waals surface area contributed by atoms with E-state index in [0.717, 1.165) is 0 Å². The van der Waals surface area contributed by atoms with Gasteiger partial charge in [0.05, 0.1) is 42.1 Å². The molecule has 2 N–H and O–H groups in total. The van der Waals surface area contributed by atoms with Crippen LogP contribution in [0.5, 0.6) is 0 Å². The molecule has 0 amide bonds. The molecule has 0 saturated carbocycles. The Balaban J connectivity index is 2.15. The van der Waals surface area contributed by atoms with Crippen LogP contribution in [0.1, 0.15) is 0 Å². The van der Waals surface area contributed by atoms with E-state index in [2.05, 4.69) is 10.3 Å². The van der Waals surface area contributed by atoms with Gasteiger partial charge in [-0.3, -0.25) is 9.87 Å². The summed E-state index contributed by atoms with van der Waals surface area (Å²) < 4.78 is 42.2. The fraction of sp³-hybridized carbons (Fsp3) is 0.533. The third kappa shape index (κ3) is 6.54. The molecular formula is C15H22Cl2N3O6S+.